The fourth-order valence-electron chi connectivity index (χ4n) is 2.60. The monoisotopic (exact) mass is 622 g/mol. The summed E-state index contributed by atoms with van der Waals surface area (Å²) in [5, 5.41) is 4.89. The van der Waals surface area contributed by atoms with E-state index in [-0.39, 0.29) is 30.1 Å². The van der Waals surface area contributed by atoms with E-state index in [9.17, 15) is 19.2 Å². The zero-order valence-corrected chi connectivity index (χ0v) is 24.2. The summed E-state index contributed by atoms with van der Waals surface area (Å²) >= 11 is 25.2. The van der Waals surface area contributed by atoms with Crippen molar-refractivity contribution in [1.82, 2.24) is 10.6 Å². The van der Waals surface area contributed by atoms with E-state index in [2.05, 4.69) is 10.6 Å². The van der Waals surface area contributed by atoms with Crippen LogP contribution in [-0.2, 0) is 19.2 Å². The quantitative estimate of drug-likeness (QED) is 0.172. The molecule has 0 radical (unpaired) electrons. The van der Waals surface area contributed by atoms with Crippen molar-refractivity contribution in [2.24, 2.45) is 0 Å². The molecule has 2 N–H and O–H groups in total. The summed E-state index contributed by atoms with van der Waals surface area (Å²) in [6.45, 7) is 0. The molecular formula is C21H26Cl4N2O7S2. The highest BCUT2D eigenvalue weighted by Gasteiger charge is 2.27. The number of benzene rings is 1. The molecule has 15 heteroatoms. The van der Waals surface area contributed by atoms with Gasteiger partial charge < -0.3 is 24.8 Å². The number of halogens is 4. The van der Waals surface area contributed by atoms with Gasteiger partial charge in [0, 0.05) is 6.07 Å². The van der Waals surface area contributed by atoms with Gasteiger partial charge in [-0.15, -0.1) is 0 Å². The van der Waals surface area contributed by atoms with Crippen LogP contribution in [0.1, 0.15) is 12.8 Å². The van der Waals surface area contributed by atoms with Crippen LogP contribution in [0.15, 0.2) is 18.2 Å². The molecule has 2 amide bonds. The second kappa shape index (κ2) is 17.3. The molecule has 0 spiro atoms. The van der Waals surface area contributed by atoms with Crippen LogP contribution in [0, 0.1) is 0 Å². The number of rotatable bonds is 15. The van der Waals surface area contributed by atoms with Gasteiger partial charge in [-0.2, -0.15) is 23.5 Å². The molecule has 0 saturated carbocycles. The van der Waals surface area contributed by atoms with Gasteiger partial charge >= 0.3 is 11.9 Å². The van der Waals surface area contributed by atoms with Crippen molar-refractivity contribution in [3.8, 4) is 17.2 Å². The van der Waals surface area contributed by atoms with Crippen LogP contribution < -0.4 is 24.8 Å². The van der Waals surface area contributed by atoms with Gasteiger partial charge in [-0.25, -0.2) is 9.59 Å². The zero-order valence-electron chi connectivity index (χ0n) is 19.6. The predicted molar refractivity (Wildman–Crippen MR) is 145 cm³/mol. The summed E-state index contributed by atoms with van der Waals surface area (Å²) < 4.78 is 16.0. The lowest BCUT2D eigenvalue weighted by Crippen LogP contribution is -2.45. The average molecular weight is 624 g/mol. The fraction of sp³-hybridized carbons (Fsp3) is 0.524. The molecule has 9 nitrogen and oxygen atoms in total. The van der Waals surface area contributed by atoms with Crippen molar-refractivity contribution in [2.45, 2.75) is 34.6 Å². The number of alkyl halides is 4. The molecule has 1 rings (SSSR count). The van der Waals surface area contributed by atoms with Gasteiger partial charge in [0.05, 0.1) is 7.11 Å². The minimum Gasteiger partial charge on any atom is -0.493 e. The molecule has 0 aliphatic rings. The van der Waals surface area contributed by atoms with E-state index >= 15 is 0 Å². The van der Waals surface area contributed by atoms with Gasteiger partial charge in [0.25, 0.3) is 11.8 Å². The molecule has 0 saturated heterocycles. The number of amides is 2. The maximum Gasteiger partial charge on any atom is 0.334 e. The number of carbonyl (C=O) groups excluding carboxylic acids is 4. The number of ether oxygens (including phenoxy) is 3. The SMILES string of the molecule is COc1cc(OC(=O)C(CCSC)NC(=O)C(Cl)Cl)ccc1OC(=O)C(CCSC)NC(=O)C(Cl)Cl. The van der Waals surface area contributed by atoms with Crippen LogP contribution in [0.3, 0.4) is 0 Å². The molecule has 0 bridgehead atoms. The van der Waals surface area contributed by atoms with E-state index in [0.29, 0.717) is 11.5 Å². The molecule has 0 heterocycles. The van der Waals surface area contributed by atoms with Gasteiger partial charge in [0.2, 0.25) is 0 Å². The maximum absolute atomic E-state index is 12.7. The lowest BCUT2D eigenvalue weighted by molar-refractivity contribution is -0.139. The first-order chi connectivity index (χ1) is 17.0. The molecule has 0 aromatic heterocycles. The van der Waals surface area contributed by atoms with Crippen LogP contribution in [-0.4, -0.2) is 76.6 Å². The minimum atomic E-state index is -1.35. The highest BCUT2D eigenvalue weighted by molar-refractivity contribution is 7.98. The maximum atomic E-state index is 12.7. The van der Waals surface area contributed by atoms with Crippen molar-refractivity contribution in [3.05, 3.63) is 18.2 Å². The minimum absolute atomic E-state index is 0.0263. The number of nitrogens with one attached hydrogen (secondary N) is 2. The Morgan fingerprint density at radius 1 is 0.806 bits per heavy atom. The third-order valence-electron chi connectivity index (χ3n) is 4.38. The lowest BCUT2D eigenvalue weighted by atomic mass is 10.2. The number of carbonyl (C=O) groups is 4. The van der Waals surface area contributed by atoms with Gasteiger partial charge in [0.15, 0.2) is 21.2 Å². The first-order valence-corrected chi connectivity index (χ1v) is 14.8. The van der Waals surface area contributed by atoms with Gasteiger partial charge in [0.1, 0.15) is 17.8 Å². The number of esters is 2. The highest BCUT2D eigenvalue weighted by Crippen LogP contribution is 2.32. The largest absolute Gasteiger partial charge is 0.493 e. The van der Waals surface area contributed by atoms with Gasteiger partial charge in [-0.05, 0) is 49.0 Å². The third kappa shape index (κ3) is 11.4. The Balaban J connectivity index is 3.00. The molecule has 0 aliphatic heterocycles. The summed E-state index contributed by atoms with van der Waals surface area (Å²) in [5.41, 5.74) is 0. The summed E-state index contributed by atoms with van der Waals surface area (Å²) in [5.74, 6) is -1.64. The normalized spacial score (nSPS) is 12.6. The van der Waals surface area contributed by atoms with Crippen molar-refractivity contribution in [2.75, 3.05) is 31.1 Å². The zero-order chi connectivity index (χ0) is 27.3. The van der Waals surface area contributed by atoms with E-state index in [1.165, 1.54) is 48.8 Å². The molecule has 1 aromatic rings. The Kier molecular flexibility index (Phi) is 15.8. The number of methoxy groups -OCH3 is 1. The Morgan fingerprint density at radius 3 is 1.69 bits per heavy atom. The second-order valence-corrected chi connectivity index (χ2v) is 11.1. The predicted octanol–water partition coefficient (Wildman–Crippen LogP) is 3.59. The van der Waals surface area contributed by atoms with Crippen molar-refractivity contribution >= 4 is 93.7 Å². The van der Waals surface area contributed by atoms with E-state index in [4.69, 9.17) is 60.6 Å². The van der Waals surface area contributed by atoms with Crippen molar-refractivity contribution < 1.29 is 33.4 Å². The molecule has 1 aromatic carbocycles. The summed E-state index contributed by atoms with van der Waals surface area (Å²) in [7, 11) is 1.33. The molecule has 202 valence electrons. The Morgan fingerprint density at radius 2 is 1.28 bits per heavy atom. The Bertz CT molecular complexity index is 909. The van der Waals surface area contributed by atoms with E-state index in [1.54, 1.807) is 0 Å². The average Bonchev–Trinajstić information content (AvgIpc) is 2.84. The number of hydrogen-bond donors (Lipinski definition) is 2. The van der Waals surface area contributed by atoms with Crippen LogP contribution in [0.5, 0.6) is 17.2 Å². The van der Waals surface area contributed by atoms with Crippen molar-refractivity contribution in [3.63, 3.8) is 0 Å². The lowest BCUT2D eigenvalue weighted by Gasteiger charge is -2.19. The number of thioether (sulfide) groups is 2. The van der Waals surface area contributed by atoms with Gasteiger partial charge in [-0.1, -0.05) is 46.4 Å². The molecule has 36 heavy (non-hydrogen) atoms. The van der Waals surface area contributed by atoms with Crippen LogP contribution in [0.4, 0.5) is 0 Å². The van der Waals surface area contributed by atoms with Gasteiger partial charge in [-0.3, -0.25) is 9.59 Å². The Hall–Kier alpha value is -1.24. The topological polar surface area (TPSA) is 120 Å². The second-order valence-electron chi connectivity index (χ2n) is 6.94. The first kappa shape index (κ1) is 32.8. The smallest absolute Gasteiger partial charge is 0.334 e. The fourth-order valence-corrected chi connectivity index (χ4v) is 3.80. The standard InChI is InChI=1S/C21H26Cl4N2O7S2/c1-32-15-10-11(33-20(30)12(6-8-35-2)26-18(28)16(22)23)4-5-14(15)34-21(31)13(7-9-36-3)27-19(29)17(24)25/h4-5,10,12-13,16-17H,6-9H2,1-3H3,(H,26,28)(H,27,29). The highest BCUT2D eigenvalue weighted by atomic mass is 35.5. The van der Waals surface area contributed by atoms with Crippen LogP contribution in [0.25, 0.3) is 0 Å². The Labute approximate surface area is 237 Å². The molecular weight excluding hydrogens is 598 g/mol. The molecule has 2 atom stereocenters. The van der Waals surface area contributed by atoms with E-state index in [0.717, 1.165) is 0 Å². The van der Waals surface area contributed by atoms with E-state index in [1.807, 2.05) is 12.5 Å². The first-order valence-electron chi connectivity index (χ1n) is 10.3. The van der Waals surface area contributed by atoms with E-state index < -0.39 is 45.5 Å². The molecule has 0 fully saturated rings. The summed E-state index contributed by atoms with van der Waals surface area (Å²) in [4.78, 5) is 46.4. The third-order valence-corrected chi connectivity index (χ3v) is 6.46. The molecule has 2 unspecified atom stereocenters. The number of hydrogen-bond acceptors (Lipinski definition) is 9. The van der Waals surface area contributed by atoms with Crippen LogP contribution >= 0.6 is 69.9 Å². The van der Waals surface area contributed by atoms with Crippen molar-refractivity contribution in [1.29, 1.82) is 0 Å². The molecule has 0 aliphatic carbocycles. The summed E-state index contributed by atoms with van der Waals surface area (Å²) in [6.07, 6.45) is 4.26. The van der Waals surface area contributed by atoms with Crippen LogP contribution in [0.2, 0.25) is 0 Å². The summed E-state index contributed by atoms with van der Waals surface area (Å²) in [6, 6.07) is 2.10.